The fourth-order valence-corrected chi connectivity index (χ4v) is 4.25. The maximum Gasteiger partial charge on any atom is 0.179 e. The van der Waals surface area contributed by atoms with E-state index in [1.54, 1.807) is 12.1 Å². The summed E-state index contributed by atoms with van der Waals surface area (Å²) >= 11 is 0. The van der Waals surface area contributed by atoms with Gasteiger partial charge in [-0.05, 0) is 45.2 Å². The zero-order valence-electron chi connectivity index (χ0n) is 13.0. The van der Waals surface area contributed by atoms with E-state index in [1.807, 2.05) is 26.0 Å². The maximum atomic E-state index is 12.4. The van der Waals surface area contributed by atoms with Gasteiger partial charge in [-0.2, -0.15) is 0 Å². The summed E-state index contributed by atoms with van der Waals surface area (Å²) in [5, 5.41) is 3.40. The molecule has 1 saturated heterocycles. The smallest absolute Gasteiger partial charge is 0.179 e. The van der Waals surface area contributed by atoms with Crippen LogP contribution < -0.4 is 5.32 Å². The molecule has 0 bridgehead atoms. The van der Waals surface area contributed by atoms with Crippen LogP contribution in [0.25, 0.3) is 0 Å². The van der Waals surface area contributed by atoms with Crippen molar-refractivity contribution in [2.24, 2.45) is 5.92 Å². The number of rotatable bonds is 6. The minimum absolute atomic E-state index is 0.0769. The van der Waals surface area contributed by atoms with Crippen LogP contribution in [-0.2, 0) is 14.6 Å². The van der Waals surface area contributed by atoms with Crippen molar-refractivity contribution >= 4 is 9.84 Å². The van der Waals surface area contributed by atoms with E-state index in [0.717, 1.165) is 25.2 Å². The van der Waals surface area contributed by atoms with Crippen molar-refractivity contribution in [3.05, 3.63) is 29.8 Å². The SMILES string of the molecule is Cc1ccc(S(=O)(=O)C[C@H](C)N[C@H](C)[C@H]2CCOC2)cc1. The molecule has 118 valence electrons. The topological polar surface area (TPSA) is 55.4 Å². The van der Waals surface area contributed by atoms with Crippen LogP contribution in [0.3, 0.4) is 0 Å². The summed E-state index contributed by atoms with van der Waals surface area (Å²) < 4.78 is 30.2. The molecule has 1 fully saturated rings. The van der Waals surface area contributed by atoms with E-state index in [2.05, 4.69) is 12.2 Å². The molecule has 0 saturated carbocycles. The molecule has 2 rings (SSSR count). The third kappa shape index (κ3) is 4.53. The highest BCUT2D eigenvalue weighted by molar-refractivity contribution is 7.91. The van der Waals surface area contributed by atoms with Crippen molar-refractivity contribution in [1.82, 2.24) is 5.32 Å². The second-order valence-corrected chi connectivity index (χ2v) is 8.11. The molecule has 1 heterocycles. The van der Waals surface area contributed by atoms with E-state index in [4.69, 9.17) is 4.74 Å². The number of nitrogens with one attached hydrogen (secondary N) is 1. The van der Waals surface area contributed by atoms with E-state index in [0.29, 0.717) is 10.8 Å². The van der Waals surface area contributed by atoms with Crippen LogP contribution in [0.1, 0.15) is 25.8 Å². The molecule has 1 aromatic carbocycles. The van der Waals surface area contributed by atoms with Crippen molar-refractivity contribution in [2.45, 2.75) is 44.2 Å². The highest BCUT2D eigenvalue weighted by Crippen LogP contribution is 2.18. The fraction of sp³-hybridized carbons (Fsp3) is 0.625. The lowest BCUT2D eigenvalue weighted by atomic mass is 10.0. The number of hydrogen-bond acceptors (Lipinski definition) is 4. The molecule has 0 spiro atoms. The van der Waals surface area contributed by atoms with E-state index in [9.17, 15) is 8.42 Å². The Kier molecular flexibility index (Phi) is 5.41. The Bertz CT molecular complexity index is 547. The molecular weight excluding hydrogens is 286 g/mol. The number of hydrogen-bond donors (Lipinski definition) is 1. The molecule has 1 aromatic rings. The summed E-state index contributed by atoms with van der Waals surface area (Å²) in [5.74, 6) is 0.600. The second-order valence-electron chi connectivity index (χ2n) is 6.07. The van der Waals surface area contributed by atoms with Crippen LogP contribution in [0, 0.1) is 12.8 Å². The third-order valence-corrected chi connectivity index (χ3v) is 6.00. The molecule has 0 aliphatic carbocycles. The van der Waals surface area contributed by atoms with Crippen LogP contribution in [0.4, 0.5) is 0 Å². The summed E-state index contributed by atoms with van der Waals surface area (Å²) in [6, 6.07) is 7.24. The number of ether oxygens (including phenoxy) is 1. The molecule has 4 nitrogen and oxygen atoms in total. The lowest BCUT2D eigenvalue weighted by Crippen LogP contribution is -2.43. The molecule has 1 aliphatic rings. The minimum atomic E-state index is -3.24. The van der Waals surface area contributed by atoms with Gasteiger partial charge >= 0.3 is 0 Å². The number of sulfone groups is 1. The second kappa shape index (κ2) is 6.90. The molecule has 5 heteroatoms. The standard InChI is InChI=1S/C16H25NO3S/c1-12-4-6-16(7-5-12)21(18,19)11-13(2)17-14(3)15-8-9-20-10-15/h4-7,13-15,17H,8-11H2,1-3H3/t13-,14+,15-/m0/s1. The van der Waals surface area contributed by atoms with E-state index in [1.165, 1.54) is 0 Å². The predicted molar refractivity (Wildman–Crippen MR) is 84.2 cm³/mol. The zero-order valence-corrected chi connectivity index (χ0v) is 13.8. The first-order valence-corrected chi connectivity index (χ1v) is 9.17. The van der Waals surface area contributed by atoms with Gasteiger partial charge in [-0.15, -0.1) is 0 Å². The first kappa shape index (κ1) is 16.5. The first-order valence-electron chi connectivity index (χ1n) is 7.51. The van der Waals surface area contributed by atoms with Gasteiger partial charge in [-0.3, -0.25) is 0 Å². The van der Waals surface area contributed by atoms with Crippen molar-refractivity contribution < 1.29 is 13.2 Å². The predicted octanol–water partition coefficient (Wildman–Crippen LogP) is 2.17. The average Bonchev–Trinajstić information content (AvgIpc) is 2.92. The largest absolute Gasteiger partial charge is 0.381 e. The number of benzene rings is 1. The lowest BCUT2D eigenvalue weighted by molar-refractivity contribution is 0.177. The molecule has 21 heavy (non-hydrogen) atoms. The molecule has 0 amide bonds. The molecular formula is C16H25NO3S. The molecule has 3 atom stereocenters. The van der Waals surface area contributed by atoms with Crippen molar-refractivity contribution in [3.8, 4) is 0 Å². The lowest BCUT2D eigenvalue weighted by Gasteiger charge is -2.24. The maximum absolute atomic E-state index is 12.4. The Labute approximate surface area is 127 Å². The van der Waals surface area contributed by atoms with Crippen molar-refractivity contribution in [3.63, 3.8) is 0 Å². The summed E-state index contributed by atoms with van der Waals surface area (Å²) in [5.41, 5.74) is 1.06. The summed E-state index contributed by atoms with van der Waals surface area (Å²) in [4.78, 5) is 0.401. The van der Waals surface area contributed by atoms with E-state index in [-0.39, 0.29) is 17.8 Å². The average molecular weight is 311 g/mol. The fourth-order valence-electron chi connectivity index (χ4n) is 2.75. The van der Waals surface area contributed by atoms with Gasteiger partial charge in [0.2, 0.25) is 0 Å². The van der Waals surface area contributed by atoms with Crippen LogP contribution in [0.5, 0.6) is 0 Å². The molecule has 1 aliphatic heterocycles. The Hall–Kier alpha value is -0.910. The minimum Gasteiger partial charge on any atom is -0.381 e. The van der Waals surface area contributed by atoms with Gasteiger partial charge in [0.15, 0.2) is 9.84 Å². The van der Waals surface area contributed by atoms with Gasteiger partial charge in [0.05, 0.1) is 17.3 Å². The Morgan fingerprint density at radius 1 is 1.29 bits per heavy atom. The molecule has 1 N–H and O–H groups in total. The summed E-state index contributed by atoms with van der Waals surface area (Å²) in [6.07, 6.45) is 1.05. The highest BCUT2D eigenvalue weighted by atomic mass is 32.2. The Morgan fingerprint density at radius 3 is 2.52 bits per heavy atom. The van der Waals surface area contributed by atoms with Gasteiger partial charge < -0.3 is 10.1 Å². The van der Waals surface area contributed by atoms with Gasteiger partial charge in [0, 0.05) is 18.7 Å². The van der Waals surface area contributed by atoms with Crippen molar-refractivity contribution in [2.75, 3.05) is 19.0 Å². The van der Waals surface area contributed by atoms with Crippen LogP contribution in [-0.4, -0.2) is 39.5 Å². The summed E-state index contributed by atoms with van der Waals surface area (Å²) in [7, 11) is -3.24. The van der Waals surface area contributed by atoms with Gasteiger partial charge in [0.1, 0.15) is 0 Å². The van der Waals surface area contributed by atoms with Gasteiger partial charge in [0.25, 0.3) is 0 Å². The van der Waals surface area contributed by atoms with Crippen molar-refractivity contribution in [1.29, 1.82) is 0 Å². The van der Waals surface area contributed by atoms with Crippen LogP contribution in [0.2, 0.25) is 0 Å². The van der Waals surface area contributed by atoms with Crippen LogP contribution >= 0.6 is 0 Å². The molecule has 0 unspecified atom stereocenters. The van der Waals surface area contributed by atoms with E-state index < -0.39 is 9.84 Å². The Balaban J connectivity index is 1.94. The Morgan fingerprint density at radius 2 is 1.95 bits per heavy atom. The normalized spacial score (nSPS) is 22.1. The van der Waals surface area contributed by atoms with Gasteiger partial charge in [-0.25, -0.2) is 8.42 Å². The van der Waals surface area contributed by atoms with Crippen LogP contribution in [0.15, 0.2) is 29.2 Å². The highest BCUT2D eigenvalue weighted by Gasteiger charge is 2.25. The third-order valence-electron chi connectivity index (χ3n) is 4.07. The number of aryl methyl sites for hydroxylation is 1. The molecule has 0 radical (unpaired) electrons. The first-order chi connectivity index (χ1) is 9.88. The van der Waals surface area contributed by atoms with Gasteiger partial charge in [-0.1, -0.05) is 17.7 Å². The molecule has 0 aromatic heterocycles. The monoisotopic (exact) mass is 311 g/mol. The van der Waals surface area contributed by atoms with E-state index >= 15 is 0 Å². The quantitative estimate of drug-likeness (QED) is 0.875. The zero-order chi connectivity index (χ0) is 15.5. The summed E-state index contributed by atoms with van der Waals surface area (Å²) in [6.45, 7) is 7.57.